The highest BCUT2D eigenvalue weighted by molar-refractivity contribution is 9.10. The largest absolute Gasteiger partial charge is 0.506 e. The molecular formula is C16H17BrO3S. The third kappa shape index (κ3) is 2.60. The lowest BCUT2D eigenvalue weighted by atomic mass is 9.99. The van der Waals surface area contributed by atoms with E-state index in [1.807, 2.05) is 13.8 Å². The molecule has 5 heteroatoms. The first kappa shape index (κ1) is 16.0. The minimum absolute atomic E-state index is 0.00502. The van der Waals surface area contributed by atoms with Crippen molar-refractivity contribution in [2.45, 2.75) is 37.5 Å². The fourth-order valence-corrected chi connectivity index (χ4v) is 4.28. The second-order valence-electron chi connectivity index (χ2n) is 5.14. The van der Waals surface area contributed by atoms with E-state index in [1.165, 1.54) is 12.1 Å². The highest BCUT2D eigenvalue weighted by atomic mass is 79.9. The zero-order valence-electron chi connectivity index (χ0n) is 12.4. The van der Waals surface area contributed by atoms with E-state index in [1.54, 1.807) is 26.0 Å². The second kappa shape index (κ2) is 5.46. The molecule has 0 amide bonds. The van der Waals surface area contributed by atoms with Crippen LogP contribution in [0, 0.1) is 27.7 Å². The molecule has 0 bridgehead atoms. The number of rotatable bonds is 2. The Hall–Kier alpha value is -1.33. The van der Waals surface area contributed by atoms with Crippen molar-refractivity contribution in [1.29, 1.82) is 0 Å². The lowest BCUT2D eigenvalue weighted by Crippen LogP contribution is -2.08. The maximum Gasteiger partial charge on any atom is 0.210 e. The quantitative estimate of drug-likeness (QED) is 0.862. The number of aromatic hydroxyl groups is 1. The molecule has 0 saturated heterocycles. The van der Waals surface area contributed by atoms with Gasteiger partial charge in [0, 0.05) is 4.47 Å². The molecule has 0 saturated carbocycles. The maximum atomic E-state index is 12.8. The van der Waals surface area contributed by atoms with Crippen molar-refractivity contribution in [3.8, 4) is 5.75 Å². The summed E-state index contributed by atoms with van der Waals surface area (Å²) < 4.78 is 26.5. The molecule has 112 valence electrons. The molecule has 0 atom stereocenters. The number of benzene rings is 2. The zero-order chi connectivity index (χ0) is 15.9. The lowest BCUT2D eigenvalue weighted by molar-refractivity contribution is 0.452. The smallest absolute Gasteiger partial charge is 0.210 e. The van der Waals surface area contributed by atoms with Crippen LogP contribution >= 0.6 is 15.9 Å². The summed E-state index contributed by atoms with van der Waals surface area (Å²) >= 11 is 3.29. The summed E-state index contributed by atoms with van der Waals surface area (Å²) in [6.45, 7) is 7.22. The predicted molar refractivity (Wildman–Crippen MR) is 86.6 cm³/mol. The first-order chi connectivity index (χ1) is 9.67. The Kier molecular flexibility index (Phi) is 4.17. The molecule has 21 heavy (non-hydrogen) atoms. The van der Waals surface area contributed by atoms with E-state index in [9.17, 15) is 13.5 Å². The van der Waals surface area contributed by atoms with E-state index >= 15 is 0 Å². The van der Waals surface area contributed by atoms with E-state index in [0.717, 1.165) is 15.6 Å². The van der Waals surface area contributed by atoms with Crippen molar-refractivity contribution >= 4 is 25.8 Å². The van der Waals surface area contributed by atoms with Crippen LogP contribution in [0.5, 0.6) is 5.75 Å². The normalized spacial score (nSPS) is 11.7. The molecule has 2 aromatic carbocycles. The van der Waals surface area contributed by atoms with Crippen molar-refractivity contribution < 1.29 is 13.5 Å². The number of phenolic OH excluding ortho intramolecular Hbond substituents is 1. The van der Waals surface area contributed by atoms with Crippen molar-refractivity contribution in [3.63, 3.8) is 0 Å². The molecule has 0 aromatic heterocycles. The van der Waals surface area contributed by atoms with E-state index in [2.05, 4.69) is 15.9 Å². The Morgan fingerprint density at radius 2 is 1.33 bits per heavy atom. The van der Waals surface area contributed by atoms with Crippen LogP contribution in [-0.2, 0) is 9.84 Å². The minimum atomic E-state index is -3.75. The summed E-state index contributed by atoms with van der Waals surface area (Å²) in [4.78, 5) is 0.178. The summed E-state index contributed by atoms with van der Waals surface area (Å²) in [5.41, 5.74) is 3.01. The molecule has 0 radical (unpaired) electrons. The standard InChI is InChI=1S/C16H17BrO3S/c1-9-10(2)12(4)16(15(18)11(9)3)21(19,20)14-7-5-13(17)6-8-14/h5-8,18H,1-4H3. The van der Waals surface area contributed by atoms with Crippen LogP contribution in [0.15, 0.2) is 38.5 Å². The number of halogens is 1. The molecular weight excluding hydrogens is 352 g/mol. The van der Waals surface area contributed by atoms with Gasteiger partial charge in [-0.1, -0.05) is 15.9 Å². The van der Waals surface area contributed by atoms with E-state index in [-0.39, 0.29) is 15.5 Å². The van der Waals surface area contributed by atoms with Crippen LogP contribution in [0.3, 0.4) is 0 Å². The zero-order valence-corrected chi connectivity index (χ0v) is 14.8. The number of hydrogen-bond donors (Lipinski definition) is 1. The molecule has 3 nitrogen and oxygen atoms in total. The van der Waals surface area contributed by atoms with Gasteiger partial charge in [-0.2, -0.15) is 0 Å². The predicted octanol–water partition coefficient (Wildman–Crippen LogP) is 4.22. The molecule has 0 aliphatic heterocycles. The van der Waals surface area contributed by atoms with Crippen molar-refractivity contribution in [1.82, 2.24) is 0 Å². The molecule has 2 aromatic rings. The van der Waals surface area contributed by atoms with Gasteiger partial charge in [0.2, 0.25) is 9.84 Å². The molecule has 0 fully saturated rings. The van der Waals surface area contributed by atoms with Gasteiger partial charge in [0.05, 0.1) is 4.90 Å². The Bertz CT molecular complexity index is 777. The highest BCUT2D eigenvalue weighted by Gasteiger charge is 2.27. The van der Waals surface area contributed by atoms with Gasteiger partial charge in [0.1, 0.15) is 10.6 Å². The first-order valence-corrected chi connectivity index (χ1v) is 8.75. The molecule has 0 unspecified atom stereocenters. The van der Waals surface area contributed by atoms with Crippen LogP contribution < -0.4 is 0 Å². The van der Waals surface area contributed by atoms with Crippen molar-refractivity contribution in [3.05, 3.63) is 51.0 Å². The van der Waals surface area contributed by atoms with E-state index in [4.69, 9.17) is 0 Å². The summed E-state index contributed by atoms with van der Waals surface area (Å²) in [7, 11) is -3.75. The number of hydrogen-bond acceptors (Lipinski definition) is 3. The van der Waals surface area contributed by atoms with Gasteiger partial charge in [0.15, 0.2) is 0 Å². The monoisotopic (exact) mass is 368 g/mol. The molecule has 0 aliphatic carbocycles. The van der Waals surface area contributed by atoms with Gasteiger partial charge in [-0.15, -0.1) is 0 Å². The Balaban J connectivity index is 2.80. The lowest BCUT2D eigenvalue weighted by Gasteiger charge is -2.17. The van der Waals surface area contributed by atoms with Crippen LogP contribution in [-0.4, -0.2) is 13.5 Å². The minimum Gasteiger partial charge on any atom is -0.506 e. The van der Waals surface area contributed by atoms with Crippen LogP contribution in [0.1, 0.15) is 22.3 Å². The summed E-state index contributed by atoms with van der Waals surface area (Å²) in [6, 6.07) is 6.41. The van der Waals surface area contributed by atoms with Crippen molar-refractivity contribution in [2.75, 3.05) is 0 Å². The summed E-state index contributed by atoms with van der Waals surface area (Å²) in [5.74, 6) is -0.154. The van der Waals surface area contributed by atoms with Gasteiger partial charge < -0.3 is 5.11 Å². The Labute approximate surface area is 133 Å². The fourth-order valence-electron chi connectivity index (χ4n) is 2.32. The summed E-state index contributed by atoms with van der Waals surface area (Å²) in [6.07, 6.45) is 0. The van der Waals surface area contributed by atoms with Gasteiger partial charge in [-0.25, -0.2) is 8.42 Å². The van der Waals surface area contributed by atoms with Crippen molar-refractivity contribution in [2.24, 2.45) is 0 Å². The van der Waals surface area contributed by atoms with Crippen LogP contribution in [0.4, 0.5) is 0 Å². The highest BCUT2D eigenvalue weighted by Crippen LogP contribution is 2.38. The average molecular weight is 369 g/mol. The van der Waals surface area contributed by atoms with E-state index < -0.39 is 9.84 Å². The Morgan fingerprint density at radius 1 is 0.857 bits per heavy atom. The molecule has 0 spiro atoms. The first-order valence-electron chi connectivity index (χ1n) is 6.48. The SMILES string of the molecule is Cc1c(C)c(C)c(S(=O)(=O)c2ccc(Br)cc2)c(O)c1C. The molecule has 1 N–H and O–H groups in total. The Morgan fingerprint density at radius 3 is 1.86 bits per heavy atom. The molecule has 2 rings (SSSR count). The second-order valence-corrected chi connectivity index (χ2v) is 7.94. The summed E-state index contributed by atoms with van der Waals surface area (Å²) in [5, 5.41) is 10.3. The number of phenols is 1. The number of sulfone groups is 1. The molecule has 0 aliphatic rings. The van der Waals surface area contributed by atoms with Gasteiger partial charge in [0.25, 0.3) is 0 Å². The molecule has 0 heterocycles. The average Bonchev–Trinajstić information content (AvgIpc) is 2.43. The van der Waals surface area contributed by atoms with Crippen LogP contribution in [0.2, 0.25) is 0 Å². The third-order valence-electron chi connectivity index (χ3n) is 3.99. The fraction of sp³-hybridized carbons (Fsp3) is 0.250. The van der Waals surface area contributed by atoms with Crippen LogP contribution in [0.25, 0.3) is 0 Å². The van der Waals surface area contributed by atoms with Gasteiger partial charge in [-0.3, -0.25) is 0 Å². The van der Waals surface area contributed by atoms with E-state index in [0.29, 0.717) is 11.1 Å². The van der Waals surface area contributed by atoms with Gasteiger partial charge >= 0.3 is 0 Å². The maximum absolute atomic E-state index is 12.8. The topological polar surface area (TPSA) is 54.4 Å². The van der Waals surface area contributed by atoms with Gasteiger partial charge in [-0.05, 0) is 74.2 Å². The third-order valence-corrected chi connectivity index (χ3v) is 6.45.